The summed E-state index contributed by atoms with van der Waals surface area (Å²) in [6.45, 7) is -0.152. The fraction of sp³-hybridized carbons (Fsp3) is 0.100. The van der Waals surface area contributed by atoms with Crippen LogP contribution in [0.2, 0.25) is 0 Å². The lowest BCUT2D eigenvalue weighted by Gasteiger charge is -2.12. The van der Waals surface area contributed by atoms with Crippen molar-refractivity contribution in [2.75, 3.05) is 24.4 Å². The van der Waals surface area contributed by atoms with E-state index in [0.29, 0.717) is 23.0 Å². The Hall–Kier alpha value is -3.74. The van der Waals surface area contributed by atoms with Crippen molar-refractivity contribution in [2.24, 2.45) is 0 Å². The number of amides is 1. The van der Waals surface area contributed by atoms with E-state index >= 15 is 0 Å². The first-order chi connectivity index (χ1) is 13.1. The summed E-state index contributed by atoms with van der Waals surface area (Å²) in [6, 6.07) is 17.0. The molecule has 1 heterocycles. The predicted molar refractivity (Wildman–Crippen MR) is 103 cm³/mol. The standard InChI is InChI=1S/C20H19N3O4/c1-26-16-4-2-5-17(12-16)27-13-19(25)23-18-6-3-11-21-20(18)22-14-7-9-15(24)10-8-14/h2-12,24H,13H2,1H3,(H,21,22)(H,23,25). The molecule has 0 unspecified atom stereocenters. The van der Waals surface area contributed by atoms with Gasteiger partial charge in [0.15, 0.2) is 12.4 Å². The zero-order valence-electron chi connectivity index (χ0n) is 14.7. The Morgan fingerprint density at radius 3 is 2.63 bits per heavy atom. The number of anilines is 3. The Morgan fingerprint density at radius 1 is 1.07 bits per heavy atom. The van der Waals surface area contributed by atoms with Gasteiger partial charge in [-0.15, -0.1) is 0 Å². The van der Waals surface area contributed by atoms with Gasteiger partial charge >= 0.3 is 0 Å². The van der Waals surface area contributed by atoms with Crippen molar-refractivity contribution >= 4 is 23.1 Å². The summed E-state index contributed by atoms with van der Waals surface area (Å²) in [5.74, 6) is 1.53. The second-order valence-electron chi connectivity index (χ2n) is 5.59. The first-order valence-corrected chi connectivity index (χ1v) is 8.22. The number of hydrogen-bond acceptors (Lipinski definition) is 6. The normalized spacial score (nSPS) is 10.1. The average Bonchev–Trinajstić information content (AvgIpc) is 2.70. The fourth-order valence-electron chi connectivity index (χ4n) is 2.31. The Morgan fingerprint density at radius 2 is 1.85 bits per heavy atom. The quantitative estimate of drug-likeness (QED) is 0.555. The highest BCUT2D eigenvalue weighted by atomic mass is 16.5. The maximum Gasteiger partial charge on any atom is 0.262 e. The predicted octanol–water partition coefficient (Wildman–Crippen LogP) is 3.56. The highest BCUT2D eigenvalue weighted by Crippen LogP contribution is 2.24. The number of methoxy groups -OCH3 is 1. The molecule has 0 saturated heterocycles. The van der Waals surface area contributed by atoms with Gasteiger partial charge in [0.25, 0.3) is 5.91 Å². The topological polar surface area (TPSA) is 92.7 Å². The molecule has 7 heteroatoms. The van der Waals surface area contributed by atoms with Crippen molar-refractivity contribution in [1.82, 2.24) is 4.98 Å². The second-order valence-corrected chi connectivity index (χ2v) is 5.59. The van der Waals surface area contributed by atoms with Crippen molar-refractivity contribution in [3.63, 3.8) is 0 Å². The molecule has 7 nitrogen and oxygen atoms in total. The fourth-order valence-corrected chi connectivity index (χ4v) is 2.31. The number of carbonyl (C=O) groups excluding carboxylic acids is 1. The zero-order chi connectivity index (χ0) is 19.1. The van der Waals surface area contributed by atoms with E-state index < -0.39 is 0 Å². The van der Waals surface area contributed by atoms with E-state index in [-0.39, 0.29) is 18.3 Å². The first-order valence-electron chi connectivity index (χ1n) is 8.22. The second kappa shape index (κ2) is 8.57. The molecular formula is C20H19N3O4. The summed E-state index contributed by atoms with van der Waals surface area (Å²) >= 11 is 0. The molecule has 0 fully saturated rings. The number of phenolic OH excluding ortho intramolecular Hbond substituents is 1. The van der Waals surface area contributed by atoms with Gasteiger partial charge < -0.3 is 25.2 Å². The van der Waals surface area contributed by atoms with E-state index in [2.05, 4.69) is 15.6 Å². The average molecular weight is 365 g/mol. The number of aromatic hydroxyl groups is 1. The molecule has 0 bridgehead atoms. The number of ether oxygens (including phenoxy) is 2. The molecule has 0 radical (unpaired) electrons. The minimum atomic E-state index is -0.320. The molecule has 3 aromatic rings. The number of benzene rings is 2. The molecule has 3 N–H and O–H groups in total. The van der Waals surface area contributed by atoms with E-state index in [4.69, 9.17) is 9.47 Å². The minimum Gasteiger partial charge on any atom is -0.508 e. The molecule has 0 saturated carbocycles. The molecule has 0 atom stereocenters. The van der Waals surface area contributed by atoms with Gasteiger partial charge in [0.05, 0.1) is 12.8 Å². The minimum absolute atomic E-state index is 0.152. The zero-order valence-corrected chi connectivity index (χ0v) is 14.7. The van der Waals surface area contributed by atoms with E-state index in [0.717, 1.165) is 5.69 Å². The highest BCUT2D eigenvalue weighted by Gasteiger charge is 2.09. The summed E-state index contributed by atoms with van der Waals surface area (Å²) in [7, 11) is 1.57. The van der Waals surface area contributed by atoms with Crippen molar-refractivity contribution in [3.8, 4) is 17.2 Å². The molecule has 0 spiro atoms. The number of phenols is 1. The van der Waals surface area contributed by atoms with Crippen molar-refractivity contribution in [2.45, 2.75) is 0 Å². The smallest absolute Gasteiger partial charge is 0.262 e. The summed E-state index contributed by atoms with van der Waals surface area (Å²) in [4.78, 5) is 16.5. The Labute approximate surface area is 156 Å². The number of rotatable bonds is 7. The third kappa shape index (κ3) is 5.12. The third-order valence-corrected chi connectivity index (χ3v) is 3.62. The number of nitrogens with zero attached hydrogens (tertiary/aromatic N) is 1. The molecule has 27 heavy (non-hydrogen) atoms. The maximum atomic E-state index is 12.2. The highest BCUT2D eigenvalue weighted by molar-refractivity contribution is 5.95. The van der Waals surface area contributed by atoms with Crippen molar-refractivity contribution in [3.05, 3.63) is 66.9 Å². The van der Waals surface area contributed by atoms with Crippen molar-refractivity contribution in [1.29, 1.82) is 0 Å². The molecule has 0 aliphatic carbocycles. The lowest BCUT2D eigenvalue weighted by atomic mass is 10.3. The number of aromatic nitrogens is 1. The Kier molecular flexibility index (Phi) is 5.73. The SMILES string of the molecule is COc1cccc(OCC(=O)Nc2cccnc2Nc2ccc(O)cc2)c1. The van der Waals surface area contributed by atoms with Crippen LogP contribution in [0.25, 0.3) is 0 Å². The van der Waals surface area contributed by atoms with Crippen LogP contribution in [0.3, 0.4) is 0 Å². The lowest BCUT2D eigenvalue weighted by Crippen LogP contribution is -2.21. The van der Waals surface area contributed by atoms with E-state index in [9.17, 15) is 9.90 Å². The molecule has 0 aliphatic heterocycles. The van der Waals surface area contributed by atoms with Gasteiger partial charge in [0.1, 0.15) is 17.2 Å². The van der Waals surface area contributed by atoms with Crippen LogP contribution >= 0.6 is 0 Å². The van der Waals surface area contributed by atoms with E-state index in [1.165, 1.54) is 0 Å². The van der Waals surface area contributed by atoms with Crippen LogP contribution in [0.5, 0.6) is 17.2 Å². The lowest BCUT2D eigenvalue weighted by molar-refractivity contribution is -0.118. The number of pyridine rings is 1. The maximum absolute atomic E-state index is 12.2. The number of carbonyl (C=O) groups is 1. The van der Waals surface area contributed by atoms with Gasteiger partial charge in [0, 0.05) is 18.0 Å². The van der Waals surface area contributed by atoms with Crippen LogP contribution in [0, 0.1) is 0 Å². The van der Waals surface area contributed by atoms with Gasteiger partial charge in [-0.3, -0.25) is 4.79 Å². The van der Waals surface area contributed by atoms with Crippen LogP contribution in [0.4, 0.5) is 17.2 Å². The first kappa shape index (κ1) is 18.1. The van der Waals surface area contributed by atoms with Crippen LogP contribution < -0.4 is 20.1 Å². The van der Waals surface area contributed by atoms with Crippen LogP contribution in [-0.2, 0) is 4.79 Å². The van der Waals surface area contributed by atoms with Crippen molar-refractivity contribution < 1.29 is 19.4 Å². The van der Waals surface area contributed by atoms with Gasteiger partial charge in [-0.25, -0.2) is 4.98 Å². The Balaban J connectivity index is 1.62. The van der Waals surface area contributed by atoms with Gasteiger partial charge in [-0.1, -0.05) is 6.07 Å². The molecule has 1 aromatic heterocycles. The molecule has 2 aromatic carbocycles. The molecule has 0 aliphatic rings. The molecule has 3 rings (SSSR count). The van der Waals surface area contributed by atoms with Gasteiger partial charge in [-0.2, -0.15) is 0 Å². The number of nitrogens with one attached hydrogen (secondary N) is 2. The third-order valence-electron chi connectivity index (χ3n) is 3.62. The molecule has 138 valence electrons. The van der Waals surface area contributed by atoms with E-state index in [1.54, 1.807) is 74.0 Å². The summed E-state index contributed by atoms with van der Waals surface area (Å²) < 4.78 is 10.6. The van der Waals surface area contributed by atoms with Crippen LogP contribution in [0.15, 0.2) is 66.9 Å². The summed E-state index contributed by atoms with van der Waals surface area (Å²) in [5.41, 5.74) is 1.25. The largest absolute Gasteiger partial charge is 0.508 e. The van der Waals surface area contributed by atoms with Gasteiger partial charge in [-0.05, 0) is 48.5 Å². The number of hydrogen-bond donors (Lipinski definition) is 3. The molecular weight excluding hydrogens is 346 g/mol. The van der Waals surface area contributed by atoms with Crippen LogP contribution in [0.1, 0.15) is 0 Å². The summed E-state index contributed by atoms with van der Waals surface area (Å²) in [6.07, 6.45) is 1.62. The van der Waals surface area contributed by atoms with Crippen LogP contribution in [-0.4, -0.2) is 29.7 Å². The monoisotopic (exact) mass is 365 g/mol. The molecule has 1 amide bonds. The van der Waals surface area contributed by atoms with E-state index in [1.807, 2.05) is 0 Å². The summed E-state index contributed by atoms with van der Waals surface area (Å²) in [5, 5.41) is 15.2. The Bertz CT molecular complexity index is 913. The van der Waals surface area contributed by atoms with Gasteiger partial charge in [0.2, 0.25) is 0 Å².